The number of esters is 1. The molecule has 3 aromatic rings. The van der Waals surface area contributed by atoms with Crippen molar-refractivity contribution in [3.8, 4) is 5.69 Å². The van der Waals surface area contributed by atoms with Gasteiger partial charge < -0.3 is 4.74 Å². The second-order valence-electron chi connectivity index (χ2n) is 5.29. The lowest BCUT2D eigenvalue weighted by Crippen LogP contribution is -2.29. The largest absolute Gasteiger partial charge is 0.467 e. The number of rotatable bonds is 3. The molecule has 0 N–H and O–H groups in total. The van der Waals surface area contributed by atoms with Crippen LogP contribution in [-0.4, -0.2) is 32.4 Å². The van der Waals surface area contributed by atoms with Crippen LogP contribution >= 0.6 is 0 Å². The molecule has 0 spiro atoms. The first-order chi connectivity index (χ1) is 11.0. The Morgan fingerprint density at radius 3 is 2.61 bits per heavy atom. The molecule has 1 aromatic carbocycles. The number of nitrogens with zero attached hydrogens (tertiary/aromatic N) is 4. The molecule has 0 aliphatic carbocycles. The first kappa shape index (κ1) is 15.0. The fraction of sp³-hybridized carbons (Fsp3) is 0.250. The maximum Gasteiger partial charge on any atom is 0.328 e. The quantitative estimate of drug-likeness (QED) is 0.687. The molecule has 7 nitrogen and oxygen atoms in total. The zero-order valence-corrected chi connectivity index (χ0v) is 13.1. The van der Waals surface area contributed by atoms with Crippen LogP contribution in [0.2, 0.25) is 0 Å². The highest BCUT2D eigenvalue weighted by atomic mass is 16.5. The van der Waals surface area contributed by atoms with Crippen molar-refractivity contribution in [3.63, 3.8) is 0 Å². The Bertz CT molecular complexity index is 925. The molecular weight excluding hydrogens is 296 g/mol. The van der Waals surface area contributed by atoms with Crippen LogP contribution in [0.4, 0.5) is 0 Å². The molecule has 2 heterocycles. The average Bonchev–Trinajstić information content (AvgIpc) is 2.99. The van der Waals surface area contributed by atoms with Crippen LogP contribution in [0.25, 0.3) is 16.7 Å². The molecule has 0 amide bonds. The summed E-state index contributed by atoms with van der Waals surface area (Å²) in [6.07, 6.45) is 2.81. The molecular formula is C16H16N4O3. The van der Waals surface area contributed by atoms with Gasteiger partial charge in [0.05, 0.1) is 19.0 Å². The lowest BCUT2D eigenvalue weighted by molar-refractivity contribution is -0.144. The smallest absolute Gasteiger partial charge is 0.328 e. The van der Waals surface area contributed by atoms with Gasteiger partial charge in [-0.2, -0.15) is 5.10 Å². The number of carbonyl (C=O) groups excluding carboxylic acids is 1. The third-order valence-electron chi connectivity index (χ3n) is 3.75. The monoisotopic (exact) mass is 312 g/mol. The summed E-state index contributed by atoms with van der Waals surface area (Å²) in [7, 11) is 1.28. The highest BCUT2D eigenvalue weighted by Crippen LogP contribution is 2.15. The van der Waals surface area contributed by atoms with Gasteiger partial charge in [-0.05, 0) is 26.0 Å². The number of hydrogen-bond acceptors (Lipinski definition) is 5. The lowest BCUT2D eigenvalue weighted by atomic mass is 10.2. The molecule has 1 atom stereocenters. The number of aromatic nitrogens is 4. The van der Waals surface area contributed by atoms with E-state index < -0.39 is 12.0 Å². The van der Waals surface area contributed by atoms with E-state index in [9.17, 15) is 9.59 Å². The highest BCUT2D eigenvalue weighted by Gasteiger charge is 2.19. The number of hydrogen-bond donors (Lipinski definition) is 0. The van der Waals surface area contributed by atoms with Crippen molar-refractivity contribution in [2.24, 2.45) is 0 Å². The zero-order valence-electron chi connectivity index (χ0n) is 13.1. The molecule has 0 aliphatic rings. The summed E-state index contributed by atoms with van der Waals surface area (Å²) in [5.74, 6) is -0.501. The van der Waals surface area contributed by atoms with Crippen molar-refractivity contribution in [3.05, 3.63) is 52.7 Å². The van der Waals surface area contributed by atoms with E-state index in [-0.39, 0.29) is 5.56 Å². The molecule has 7 heteroatoms. The van der Waals surface area contributed by atoms with Crippen molar-refractivity contribution in [2.75, 3.05) is 7.11 Å². The zero-order chi connectivity index (χ0) is 16.6. The summed E-state index contributed by atoms with van der Waals surface area (Å²) in [6, 6.07) is 7.00. The van der Waals surface area contributed by atoms with Gasteiger partial charge in [0.15, 0.2) is 5.65 Å². The predicted octanol–water partition coefficient (Wildman–Crippen LogP) is 1.62. The van der Waals surface area contributed by atoms with Crippen molar-refractivity contribution in [2.45, 2.75) is 19.9 Å². The normalized spacial score (nSPS) is 12.3. The van der Waals surface area contributed by atoms with Crippen LogP contribution < -0.4 is 5.56 Å². The van der Waals surface area contributed by atoms with Gasteiger partial charge in [-0.1, -0.05) is 17.7 Å². The van der Waals surface area contributed by atoms with E-state index in [4.69, 9.17) is 0 Å². The SMILES string of the molecule is COC(=O)C(C)n1cnc2c(cnn2-c2ccc(C)cc2)c1=O. The Labute approximate surface area is 132 Å². The number of ether oxygens (including phenoxy) is 1. The first-order valence-electron chi connectivity index (χ1n) is 7.12. The molecule has 1 unspecified atom stereocenters. The van der Waals surface area contributed by atoms with E-state index in [1.165, 1.54) is 24.2 Å². The molecule has 0 aliphatic heterocycles. The average molecular weight is 312 g/mol. The van der Waals surface area contributed by atoms with Crippen LogP contribution in [0.1, 0.15) is 18.5 Å². The molecule has 2 aromatic heterocycles. The second kappa shape index (κ2) is 5.68. The number of methoxy groups -OCH3 is 1. The third kappa shape index (κ3) is 2.50. The van der Waals surface area contributed by atoms with Crippen LogP contribution in [-0.2, 0) is 9.53 Å². The van der Waals surface area contributed by atoms with Gasteiger partial charge in [-0.25, -0.2) is 14.5 Å². The maximum absolute atomic E-state index is 12.6. The lowest BCUT2D eigenvalue weighted by Gasteiger charge is -2.12. The van der Waals surface area contributed by atoms with Crippen LogP contribution in [0.3, 0.4) is 0 Å². The fourth-order valence-electron chi connectivity index (χ4n) is 2.36. The molecule has 0 saturated carbocycles. The van der Waals surface area contributed by atoms with E-state index in [0.717, 1.165) is 11.3 Å². The molecule has 0 saturated heterocycles. The topological polar surface area (TPSA) is 79.0 Å². The van der Waals surface area contributed by atoms with Crippen molar-refractivity contribution in [1.82, 2.24) is 19.3 Å². The van der Waals surface area contributed by atoms with Gasteiger partial charge in [0.25, 0.3) is 5.56 Å². The molecule has 3 rings (SSSR count). The number of carbonyl (C=O) groups is 1. The van der Waals surface area contributed by atoms with Crippen LogP contribution in [0.5, 0.6) is 0 Å². The van der Waals surface area contributed by atoms with E-state index in [1.54, 1.807) is 11.6 Å². The summed E-state index contributed by atoms with van der Waals surface area (Å²) >= 11 is 0. The van der Waals surface area contributed by atoms with Crippen LogP contribution in [0.15, 0.2) is 41.6 Å². The van der Waals surface area contributed by atoms with E-state index >= 15 is 0 Å². The first-order valence-corrected chi connectivity index (χ1v) is 7.12. The Balaban J connectivity index is 2.13. The highest BCUT2D eigenvalue weighted by molar-refractivity contribution is 5.77. The van der Waals surface area contributed by atoms with Gasteiger partial charge in [-0.3, -0.25) is 9.36 Å². The van der Waals surface area contributed by atoms with Gasteiger partial charge in [0.2, 0.25) is 0 Å². The summed E-state index contributed by atoms with van der Waals surface area (Å²) in [5, 5.41) is 4.60. The molecule has 23 heavy (non-hydrogen) atoms. The van der Waals surface area contributed by atoms with Crippen LogP contribution in [0, 0.1) is 6.92 Å². The minimum atomic E-state index is -0.743. The predicted molar refractivity (Wildman–Crippen MR) is 84.6 cm³/mol. The third-order valence-corrected chi connectivity index (χ3v) is 3.75. The Kier molecular flexibility index (Phi) is 3.69. The number of fused-ring (bicyclic) bond motifs is 1. The number of aryl methyl sites for hydroxylation is 1. The van der Waals surface area contributed by atoms with E-state index in [0.29, 0.717) is 11.0 Å². The second-order valence-corrected chi connectivity index (χ2v) is 5.29. The molecule has 0 fully saturated rings. The fourth-order valence-corrected chi connectivity index (χ4v) is 2.36. The van der Waals surface area contributed by atoms with E-state index in [2.05, 4.69) is 14.8 Å². The van der Waals surface area contributed by atoms with Crippen molar-refractivity contribution < 1.29 is 9.53 Å². The minimum Gasteiger partial charge on any atom is -0.467 e. The Hall–Kier alpha value is -2.96. The van der Waals surface area contributed by atoms with Gasteiger partial charge in [-0.15, -0.1) is 0 Å². The van der Waals surface area contributed by atoms with Gasteiger partial charge >= 0.3 is 5.97 Å². The molecule has 0 bridgehead atoms. The number of benzene rings is 1. The summed E-state index contributed by atoms with van der Waals surface area (Å²) in [4.78, 5) is 28.5. The Morgan fingerprint density at radius 2 is 1.96 bits per heavy atom. The minimum absolute atomic E-state index is 0.328. The standard InChI is InChI=1S/C16H16N4O3/c1-10-4-6-12(7-5-10)20-14-13(8-18-20)15(21)19(9-17-14)11(2)16(22)23-3/h4-9,11H,1-3H3. The Morgan fingerprint density at radius 1 is 1.26 bits per heavy atom. The summed E-state index contributed by atoms with van der Waals surface area (Å²) in [6.45, 7) is 3.58. The summed E-state index contributed by atoms with van der Waals surface area (Å²) in [5.41, 5.74) is 2.07. The van der Waals surface area contributed by atoms with Gasteiger partial charge in [0, 0.05) is 0 Å². The molecule has 118 valence electrons. The maximum atomic E-state index is 12.6. The van der Waals surface area contributed by atoms with E-state index in [1.807, 2.05) is 31.2 Å². The van der Waals surface area contributed by atoms with Crippen molar-refractivity contribution >= 4 is 17.0 Å². The van der Waals surface area contributed by atoms with Gasteiger partial charge in [0.1, 0.15) is 17.8 Å². The molecule has 0 radical (unpaired) electrons. The van der Waals surface area contributed by atoms with Crippen molar-refractivity contribution in [1.29, 1.82) is 0 Å². The summed E-state index contributed by atoms with van der Waals surface area (Å²) < 4.78 is 7.52.